The molecule has 1 N–H and O–H groups in total. The fourth-order valence-electron chi connectivity index (χ4n) is 4.72. The summed E-state index contributed by atoms with van der Waals surface area (Å²) in [5, 5.41) is 3.48. The third-order valence-corrected chi connectivity index (χ3v) is 6.07. The minimum Gasteiger partial charge on any atom is -0.319 e. The number of nitrogens with one attached hydrogen (secondary N) is 1. The van der Waals surface area contributed by atoms with E-state index in [4.69, 9.17) is 0 Å². The summed E-state index contributed by atoms with van der Waals surface area (Å²) in [5.41, 5.74) is 0.559. The van der Waals surface area contributed by atoms with Crippen molar-refractivity contribution in [1.29, 1.82) is 0 Å². The molecule has 2 saturated carbocycles. The van der Waals surface area contributed by atoms with E-state index >= 15 is 0 Å². The Morgan fingerprint density at radius 2 is 1.70 bits per heavy atom. The van der Waals surface area contributed by atoms with Gasteiger partial charge in [0.15, 0.2) is 0 Å². The van der Waals surface area contributed by atoms with E-state index in [2.05, 4.69) is 31.2 Å². The Hall–Kier alpha value is -0.0800. The molecule has 20 heavy (non-hydrogen) atoms. The Labute approximate surface area is 126 Å². The van der Waals surface area contributed by atoms with Crippen molar-refractivity contribution in [3.8, 4) is 0 Å². The van der Waals surface area contributed by atoms with Gasteiger partial charge in [-0.1, -0.05) is 32.6 Å². The molecule has 2 aliphatic rings. The van der Waals surface area contributed by atoms with E-state index in [1.165, 1.54) is 77.3 Å². The highest BCUT2D eigenvalue weighted by atomic mass is 15.1. The average molecular weight is 280 g/mol. The van der Waals surface area contributed by atoms with Crippen LogP contribution >= 0.6 is 0 Å². The summed E-state index contributed by atoms with van der Waals surface area (Å²) in [5.74, 6) is 1.01. The van der Waals surface area contributed by atoms with E-state index < -0.39 is 0 Å². The van der Waals surface area contributed by atoms with E-state index in [1.54, 1.807) is 0 Å². The maximum atomic E-state index is 3.48. The summed E-state index contributed by atoms with van der Waals surface area (Å²) in [6, 6.07) is 0.855. The average Bonchev–Trinajstić information content (AvgIpc) is 2.48. The highest BCUT2D eigenvalue weighted by Gasteiger charge is 2.34. The van der Waals surface area contributed by atoms with Crippen LogP contribution in [0.15, 0.2) is 0 Å². The van der Waals surface area contributed by atoms with Gasteiger partial charge in [-0.15, -0.1) is 0 Å². The first kappa shape index (κ1) is 16.3. The lowest BCUT2D eigenvalue weighted by Gasteiger charge is -2.44. The Kier molecular flexibility index (Phi) is 6.35. The lowest BCUT2D eigenvalue weighted by atomic mass is 9.73. The molecular weight excluding hydrogens is 244 g/mol. The fraction of sp³-hybridized carbons (Fsp3) is 1.00. The molecule has 0 heterocycles. The zero-order valence-electron chi connectivity index (χ0n) is 14.1. The number of hydrogen-bond donors (Lipinski definition) is 1. The summed E-state index contributed by atoms with van der Waals surface area (Å²) in [4.78, 5) is 2.72. The van der Waals surface area contributed by atoms with Gasteiger partial charge in [0.2, 0.25) is 0 Å². The predicted molar refractivity (Wildman–Crippen MR) is 88.1 cm³/mol. The zero-order valence-corrected chi connectivity index (χ0v) is 14.1. The van der Waals surface area contributed by atoms with Crippen LogP contribution in [0.5, 0.6) is 0 Å². The predicted octanol–water partition coefficient (Wildman–Crippen LogP) is 4.06. The lowest BCUT2D eigenvalue weighted by molar-refractivity contribution is 0.0740. The van der Waals surface area contributed by atoms with E-state index in [1.807, 2.05) is 0 Å². The van der Waals surface area contributed by atoms with Gasteiger partial charge in [0.05, 0.1) is 0 Å². The highest BCUT2D eigenvalue weighted by molar-refractivity contribution is 4.89. The second-order valence-electron chi connectivity index (χ2n) is 7.59. The molecule has 0 aromatic heterocycles. The van der Waals surface area contributed by atoms with Gasteiger partial charge in [0.1, 0.15) is 0 Å². The molecule has 0 spiro atoms. The number of nitrogens with zero attached hydrogens (tertiary/aromatic N) is 1. The Bertz CT molecular complexity index is 257. The number of rotatable bonds is 6. The molecule has 0 amide bonds. The van der Waals surface area contributed by atoms with Crippen molar-refractivity contribution in [2.45, 2.75) is 77.2 Å². The van der Waals surface area contributed by atoms with Crippen molar-refractivity contribution in [2.24, 2.45) is 11.3 Å². The van der Waals surface area contributed by atoms with Gasteiger partial charge in [-0.2, -0.15) is 0 Å². The van der Waals surface area contributed by atoms with Crippen LogP contribution in [0, 0.1) is 11.3 Å². The fourth-order valence-corrected chi connectivity index (χ4v) is 4.72. The maximum Gasteiger partial charge on any atom is 0.00926 e. The molecule has 0 radical (unpaired) electrons. The topological polar surface area (TPSA) is 15.3 Å². The van der Waals surface area contributed by atoms with Crippen molar-refractivity contribution >= 4 is 0 Å². The van der Waals surface area contributed by atoms with Crippen molar-refractivity contribution in [2.75, 3.05) is 27.2 Å². The summed E-state index contributed by atoms with van der Waals surface area (Å²) in [6.45, 7) is 4.88. The summed E-state index contributed by atoms with van der Waals surface area (Å²) in [6.07, 6.45) is 14.4. The Balaban J connectivity index is 1.86. The minimum atomic E-state index is 0.559. The molecule has 118 valence electrons. The van der Waals surface area contributed by atoms with E-state index in [-0.39, 0.29) is 0 Å². The highest BCUT2D eigenvalue weighted by Crippen LogP contribution is 2.38. The largest absolute Gasteiger partial charge is 0.319 e. The van der Waals surface area contributed by atoms with Crippen LogP contribution < -0.4 is 5.32 Å². The quantitative estimate of drug-likeness (QED) is 0.789. The van der Waals surface area contributed by atoms with Crippen molar-refractivity contribution < 1.29 is 0 Å². The first-order chi connectivity index (χ1) is 9.69. The molecule has 0 atom stereocenters. The van der Waals surface area contributed by atoms with Crippen LogP contribution in [0.3, 0.4) is 0 Å². The van der Waals surface area contributed by atoms with Gasteiger partial charge >= 0.3 is 0 Å². The molecule has 0 aliphatic heterocycles. The van der Waals surface area contributed by atoms with Gasteiger partial charge in [-0.3, -0.25) is 0 Å². The molecule has 2 nitrogen and oxygen atoms in total. The van der Waals surface area contributed by atoms with Crippen LogP contribution in [-0.2, 0) is 0 Å². The van der Waals surface area contributed by atoms with Crippen LogP contribution in [0.4, 0.5) is 0 Å². The van der Waals surface area contributed by atoms with E-state index in [0.717, 1.165) is 12.0 Å². The molecule has 2 aliphatic carbocycles. The Morgan fingerprint density at radius 1 is 1.05 bits per heavy atom. The van der Waals surface area contributed by atoms with Gasteiger partial charge in [0, 0.05) is 19.1 Å². The molecule has 0 aromatic rings. The SMILES string of the molecule is CCC1CCC(N(C)CC2(CNC)CCCCC2)CC1. The summed E-state index contributed by atoms with van der Waals surface area (Å²) < 4.78 is 0. The van der Waals surface area contributed by atoms with Gasteiger partial charge < -0.3 is 10.2 Å². The van der Waals surface area contributed by atoms with Crippen LogP contribution in [0.2, 0.25) is 0 Å². The molecule has 2 heteroatoms. The smallest absolute Gasteiger partial charge is 0.00926 e. The molecule has 0 bridgehead atoms. The second-order valence-corrected chi connectivity index (χ2v) is 7.59. The van der Waals surface area contributed by atoms with Crippen molar-refractivity contribution in [3.63, 3.8) is 0 Å². The van der Waals surface area contributed by atoms with Gasteiger partial charge in [-0.25, -0.2) is 0 Å². The zero-order chi connectivity index (χ0) is 14.4. The molecule has 0 unspecified atom stereocenters. The van der Waals surface area contributed by atoms with Gasteiger partial charge in [0.25, 0.3) is 0 Å². The third kappa shape index (κ3) is 4.21. The lowest BCUT2D eigenvalue weighted by Crippen LogP contribution is -2.47. The van der Waals surface area contributed by atoms with Gasteiger partial charge in [-0.05, 0) is 64.0 Å². The van der Waals surface area contributed by atoms with E-state index in [9.17, 15) is 0 Å². The van der Waals surface area contributed by atoms with Crippen LogP contribution in [0.25, 0.3) is 0 Å². The van der Waals surface area contributed by atoms with Crippen LogP contribution in [-0.4, -0.2) is 38.1 Å². The first-order valence-electron chi connectivity index (χ1n) is 9.04. The van der Waals surface area contributed by atoms with E-state index in [0.29, 0.717) is 5.41 Å². The van der Waals surface area contributed by atoms with Crippen LogP contribution in [0.1, 0.15) is 71.1 Å². The summed E-state index contributed by atoms with van der Waals surface area (Å²) in [7, 11) is 4.52. The second kappa shape index (κ2) is 7.79. The van der Waals surface area contributed by atoms with Crippen molar-refractivity contribution in [1.82, 2.24) is 10.2 Å². The summed E-state index contributed by atoms with van der Waals surface area (Å²) >= 11 is 0. The number of hydrogen-bond acceptors (Lipinski definition) is 2. The maximum absolute atomic E-state index is 3.48. The molecule has 0 aromatic carbocycles. The third-order valence-electron chi connectivity index (χ3n) is 6.07. The normalized spacial score (nSPS) is 30.6. The standard InChI is InChI=1S/C18H36N2/c1-4-16-8-10-17(11-9-16)20(3)15-18(14-19-2)12-6-5-7-13-18/h16-17,19H,4-15H2,1-3H3. The molecular formula is C18H36N2. The minimum absolute atomic E-state index is 0.559. The molecule has 0 saturated heterocycles. The van der Waals surface area contributed by atoms with Crippen molar-refractivity contribution in [3.05, 3.63) is 0 Å². The molecule has 2 fully saturated rings. The first-order valence-corrected chi connectivity index (χ1v) is 9.04. The monoisotopic (exact) mass is 280 g/mol. The Morgan fingerprint density at radius 3 is 2.25 bits per heavy atom. The molecule has 2 rings (SSSR count).